The number of alkyl halides is 3. The van der Waals surface area contributed by atoms with Crippen molar-refractivity contribution < 1.29 is 26.3 Å². The lowest BCUT2D eigenvalue weighted by molar-refractivity contribution is -0.141. The summed E-state index contributed by atoms with van der Waals surface area (Å²) < 4.78 is 76.7. The third kappa shape index (κ3) is 2.51. The number of aromatic nitrogens is 2. The van der Waals surface area contributed by atoms with Crippen LogP contribution in [-0.4, -0.2) is 9.97 Å². The molecule has 2 rings (SSSR count). The van der Waals surface area contributed by atoms with E-state index in [9.17, 15) is 31.1 Å². The molecule has 0 radical (unpaired) electrons. The van der Waals surface area contributed by atoms with E-state index in [0.717, 1.165) is 0 Å². The van der Waals surface area contributed by atoms with Crippen LogP contribution in [0.15, 0.2) is 23.0 Å². The van der Waals surface area contributed by atoms with Crippen LogP contribution in [0.1, 0.15) is 5.69 Å². The molecule has 1 aromatic heterocycles. The highest BCUT2D eigenvalue weighted by atomic mass is 19.4. The van der Waals surface area contributed by atoms with Crippen molar-refractivity contribution in [2.75, 3.05) is 0 Å². The Kier molecular flexibility index (Phi) is 3.28. The van der Waals surface area contributed by atoms with Gasteiger partial charge in [0.15, 0.2) is 17.5 Å². The van der Waals surface area contributed by atoms with Crippen LogP contribution in [0.3, 0.4) is 0 Å². The molecule has 2 aromatic rings. The summed E-state index contributed by atoms with van der Waals surface area (Å²) in [7, 11) is 0. The number of nitrogens with zero attached hydrogens (tertiary/aromatic N) is 1. The summed E-state index contributed by atoms with van der Waals surface area (Å²) in [6.07, 6.45) is -4.90. The first kappa shape index (κ1) is 14.1. The second-order valence-corrected chi connectivity index (χ2v) is 3.71. The number of nitrogens with one attached hydrogen (secondary N) is 1. The van der Waals surface area contributed by atoms with E-state index in [0.29, 0.717) is 18.2 Å². The lowest BCUT2D eigenvalue weighted by Gasteiger charge is -2.08. The van der Waals surface area contributed by atoms with Crippen molar-refractivity contribution in [3.05, 3.63) is 51.8 Å². The second kappa shape index (κ2) is 4.66. The van der Waals surface area contributed by atoms with Gasteiger partial charge in [0.1, 0.15) is 5.69 Å². The molecule has 0 unspecified atom stereocenters. The summed E-state index contributed by atoms with van der Waals surface area (Å²) in [5.74, 6) is -5.10. The Morgan fingerprint density at radius 1 is 1.05 bits per heavy atom. The van der Waals surface area contributed by atoms with Gasteiger partial charge >= 0.3 is 11.9 Å². The number of benzene rings is 1. The first-order valence-corrected chi connectivity index (χ1v) is 5.02. The lowest BCUT2D eigenvalue weighted by Crippen LogP contribution is -2.19. The molecule has 3 nitrogen and oxygen atoms in total. The normalized spacial score (nSPS) is 11.7. The Morgan fingerprint density at radius 2 is 1.70 bits per heavy atom. The topological polar surface area (TPSA) is 45.8 Å². The predicted molar refractivity (Wildman–Crippen MR) is 55.2 cm³/mol. The molecule has 20 heavy (non-hydrogen) atoms. The zero-order valence-electron chi connectivity index (χ0n) is 9.36. The minimum absolute atomic E-state index is 0.331. The third-order valence-corrected chi connectivity index (χ3v) is 2.36. The zero-order chi connectivity index (χ0) is 15.1. The fourth-order valence-corrected chi connectivity index (χ4v) is 1.47. The molecule has 0 bridgehead atoms. The molecular weight excluding hydrogens is 290 g/mol. The summed E-state index contributed by atoms with van der Waals surface area (Å²) in [5, 5.41) is 0. The van der Waals surface area contributed by atoms with Crippen molar-refractivity contribution in [2.24, 2.45) is 0 Å². The molecule has 9 heteroatoms. The molecule has 0 saturated heterocycles. The molecule has 0 saturated carbocycles. The molecule has 0 amide bonds. The Morgan fingerprint density at radius 3 is 2.30 bits per heavy atom. The van der Waals surface area contributed by atoms with Crippen LogP contribution >= 0.6 is 0 Å². The number of hydrogen-bond donors (Lipinski definition) is 1. The van der Waals surface area contributed by atoms with Gasteiger partial charge in [0, 0.05) is 5.56 Å². The van der Waals surface area contributed by atoms with E-state index in [4.69, 9.17) is 0 Å². The number of aromatic amines is 1. The maximum Gasteiger partial charge on any atom is 0.431 e. The van der Waals surface area contributed by atoms with Crippen molar-refractivity contribution in [1.82, 2.24) is 9.97 Å². The maximum absolute atomic E-state index is 13.5. The minimum Gasteiger partial charge on any atom is -0.302 e. The SMILES string of the molecule is O=c1nc(-c2ccc(F)c(F)c2F)cc(C(F)(F)F)[nH]1. The van der Waals surface area contributed by atoms with Crippen LogP contribution in [0.5, 0.6) is 0 Å². The first-order chi connectivity index (χ1) is 9.20. The average Bonchev–Trinajstić information content (AvgIpc) is 2.34. The van der Waals surface area contributed by atoms with E-state index in [1.165, 1.54) is 4.98 Å². The maximum atomic E-state index is 13.5. The average molecular weight is 294 g/mol. The fraction of sp³-hybridized carbons (Fsp3) is 0.0909. The molecule has 1 aromatic carbocycles. The van der Waals surface area contributed by atoms with Gasteiger partial charge in [0.2, 0.25) is 0 Å². The van der Waals surface area contributed by atoms with Crippen LogP contribution in [0.4, 0.5) is 26.3 Å². The van der Waals surface area contributed by atoms with Gasteiger partial charge in [-0.25, -0.2) is 18.0 Å². The van der Waals surface area contributed by atoms with E-state index >= 15 is 0 Å². The van der Waals surface area contributed by atoms with Crippen molar-refractivity contribution >= 4 is 0 Å². The zero-order valence-corrected chi connectivity index (χ0v) is 9.36. The number of H-pyrrole nitrogens is 1. The smallest absolute Gasteiger partial charge is 0.302 e. The molecule has 0 aliphatic heterocycles. The van der Waals surface area contributed by atoms with Gasteiger partial charge in [-0.05, 0) is 18.2 Å². The molecule has 106 valence electrons. The fourth-order valence-electron chi connectivity index (χ4n) is 1.47. The quantitative estimate of drug-likeness (QED) is 0.649. The van der Waals surface area contributed by atoms with E-state index in [1.54, 1.807) is 0 Å². The van der Waals surface area contributed by atoms with Crippen LogP contribution in [0, 0.1) is 17.5 Å². The largest absolute Gasteiger partial charge is 0.431 e. The van der Waals surface area contributed by atoms with Crippen LogP contribution < -0.4 is 5.69 Å². The molecule has 0 aliphatic rings. The second-order valence-electron chi connectivity index (χ2n) is 3.71. The summed E-state index contributed by atoms with van der Waals surface area (Å²) >= 11 is 0. The molecule has 0 atom stereocenters. The van der Waals surface area contributed by atoms with Crippen LogP contribution in [0.25, 0.3) is 11.3 Å². The van der Waals surface area contributed by atoms with Crippen LogP contribution in [-0.2, 0) is 6.18 Å². The molecule has 1 N–H and O–H groups in total. The van der Waals surface area contributed by atoms with E-state index in [2.05, 4.69) is 4.98 Å². The lowest BCUT2D eigenvalue weighted by atomic mass is 10.1. The predicted octanol–water partition coefficient (Wildman–Crippen LogP) is 2.87. The summed E-state index contributed by atoms with van der Waals surface area (Å²) in [6.45, 7) is 0. The summed E-state index contributed by atoms with van der Waals surface area (Å²) in [4.78, 5) is 15.6. The van der Waals surface area contributed by atoms with Crippen molar-refractivity contribution in [2.45, 2.75) is 6.18 Å². The standard InChI is InChI=1S/C11H4F6N2O/c12-5-2-1-4(8(13)9(5)14)6-3-7(11(15,16)17)19-10(20)18-6/h1-3H,(H,18,19,20). The summed E-state index contributed by atoms with van der Waals surface area (Å²) in [5.41, 5.74) is -4.37. The number of rotatable bonds is 1. The number of hydrogen-bond acceptors (Lipinski definition) is 2. The van der Waals surface area contributed by atoms with E-state index < -0.39 is 46.3 Å². The van der Waals surface area contributed by atoms with Crippen LogP contribution in [0.2, 0.25) is 0 Å². The highest BCUT2D eigenvalue weighted by molar-refractivity contribution is 5.60. The third-order valence-electron chi connectivity index (χ3n) is 2.36. The van der Waals surface area contributed by atoms with Crippen molar-refractivity contribution in [3.63, 3.8) is 0 Å². The van der Waals surface area contributed by atoms with Gasteiger partial charge < -0.3 is 4.98 Å². The highest BCUT2D eigenvalue weighted by Gasteiger charge is 2.33. The van der Waals surface area contributed by atoms with Crippen molar-refractivity contribution in [3.8, 4) is 11.3 Å². The van der Waals surface area contributed by atoms with Gasteiger partial charge in [-0.3, -0.25) is 0 Å². The Hall–Kier alpha value is -2.32. The molecule has 0 spiro atoms. The first-order valence-electron chi connectivity index (χ1n) is 5.02. The van der Waals surface area contributed by atoms with Gasteiger partial charge in [0.25, 0.3) is 0 Å². The molecule has 0 fully saturated rings. The molecular formula is C11H4F6N2O. The summed E-state index contributed by atoms with van der Waals surface area (Å²) in [6, 6.07) is 1.54. The Bertz CT molecular complexity index is 722. The Labute approximate surface area is 106 Å². The highest BCUT2D eigenvalue weighted by Crippen LogP contribution is 2.30. The number of halogens is 6. The van der Waals surface area contributed by atoms with Gasteiger partial charge in [-0.15, -0.1) is 0 Å². The molecule has 1 heterocycles. The van der Waals surface area contributed by atoms with Crippen molar-refractivity contribution in [1.29, 1.82) is 0 Å². The molecule has 0 aliphatic carbocycles. The van der Waals surface area contributed by atoms with Gasteiger partial charge in [-0.2, -0.15) is 18.2 Å². The van der Waals surface area contributed by atoms with E-state index in [1.807, 2.05) is 0 Å². The Balaban J connectivity index is 2.68. The monoisotopic (exact) mass is 294 g/mol. The minimum atomic E-state index is -4.90. The van der Waals surface area contributed by atoms with E-state index in [-0.39, 0.29) is 0 Å². The van der Waals surface area contributed by atoms with Gasteiger partial charge in [0.05, 0.1) is 5.69 Å². The van der Waals surface area contributed by atoms with Gasteiger partial charge in [-0.1, -0.05) is 0 Å².